The van der Waals surface area contributed by atoms with Gasteiger partial charge in [0.15, 0.2) is 0 Å². The Hall–Kier alpha value is -1.82. The van der Waals surface area contributed by atoms with Gasteiger partial charge in [-0.25, -0.2) is 4.98 Å². The van der Waals surface area contributed by atoms with Gasteiger partial charge in [0.05, 0.1) is 5.02 Å². The lowest BCUT2D eigenvalue weighted by atomic mass is 10.3. The number of H-pyrrole nitrogens is 2. The third-order valence-corrected chi connectivity index (χ3v) is 2.22. The molecular formula is C9H10ClN5O. The van der Waals surface area contributed by atoms with Crippen molar-refractivity contribution < 1.29 is 4.79 Å². The van der Waals surface area contributed by atoms with E-state index in [1.54, 1.807) is 12.3 Å². The van der Waals surface area contributed by atoms with Crippen molar-refractivity contribution in [1.82, 2.24) is 25.5 Å². The first-order valence-corrected chi connectivity index (χ1v) is 5.10. The van der Waals surface area contributed by atoms with Gasteiger partial charge >= 0.3 is 0 Å². The Morgan fingerprint density at radius 2 is 2.44 bits per heavy atom. The molecule has 0 aliphatic carbocycles. The molecule has 2 aromatic rings. The van der Waals surface area contributed by atoms with Crippen molar-refractivity contribution in [3.05, 3.63) is 35.1 Å². The van der Waals surface area contributed by atoms with Crippen LogP contribution in [-0.2, 0) is 6.42 Å². The molecule has 0 fully saturated rings. The average molecular weight is 240 g/mol. The molecule has 2 heterocycles. The number of aromatic amines is 2. The van der Waals surface area contributed by atoms with Crippen molar-refractivity contribution in [2.45, 2.75) is 6.42 Å². The number of nitrogens with zero attached hydrogens (tertiary/aromatic N) is 2. The van der Waals surface area contributed by atoms with Crippen molar-refractivity contribution in [3.63, 3.8) is 0 Å². The molecule has 0 atom stereocenters. The van der Waals surface area contributed by atoms with Crippen molar-refractivity contribution in [2.24, 2.45) is 0 Å². The van der Waals surface area contributed by atoms with E-state index in [1.165, 1.54) is 6.33 Å². The summed E-state index contributed by atoms with van der Waals surface area (Å²) in [5.74, 6) is 0.552. The minimum absolute atomic E-state index is 0.189. The SMILES string of the molecule is O=C(NCCc1ncn[nH]1)c1cc(Cl)c[nH]1. The first-order valence-electron chi connectivity index (χ1n) is 4.72. The summed E-state index contributed by atoms with van der Waals surface area (Å²) >= 11 is 5.69. The normalized spacial score (nSPS) is 10.3. The van der Waals surface area contributed by atoms with Crippen LogP contribution in [0.15, 0.2) is 18.6 Å². The molecule has 84 valence electrons. The number of hydrogen-bond donors (Lipinski definition) is 3. The molecule has 6 nitrogen and oxygen atoms in total. The van der Waals surface area contributed by atoms with E-state index in [2.05, 4.69) is 25.5 Å². The molecule has 2 rings (SSSR count). The predicted molar refractivity (Wildman–Crippen MR) is 58.2 cm³/mol. The van der Waals surface area contributed by atoms with Crippen LogP contribution in [0, 0.1) is 0 Å². The lowest BCUT2D eigenvalue weighted by Gasteiger charge is -2.01. The molecule has 0 saturated carbocycles. The van der Waals surface area contributed by atoms with Crippen LogP contribution in [0.3, 0.4) is 0 Å². The van der Waals surface area contributed by atoms with Gasteiger partial charge in [0.25, 0.3) is 5.91 Å². The predicted octanol–water partition coefficient (Wildman–Crippen LogP) is 0.759. The number of aromatic nitrogens is 4. The molecule has 16 heavy (non-hydrogen) atoms. The van der Waals surface area contributed by atoms with E-state index in [4.69, 9.17) is 11.6 Å². The van der Waals surface area contributed by atoms with Crippen LogP contribution in [0.1, 0.15) is 16.3 Å². The number of rotatable bonds is 4. The van der Waals surface area contributed by atoms with E-state index in [0.717, 1.165) is 5.82 Å². The van der Waals surface area contributed by atoms with Gasteiger partial charge in [-0.3, -0.25) is 9.89 Å². The fourth-order valence-corrected chi connectivity index (χ4v) is 1.40. The smallest absolute Gasteiger partial charge is 0.267 e. The minimum atomic E-state index is -0.189. The lowest BCUT2D eigenvalue weighted by Crippen LogP contribution is -2.26. The third kappa shape index (κ3) is 2.60. The quantitative estimate of drug-likeness (QED) is 0.736. The fraction of sp³-hybridized carbons (Fsp3) is 0.222. The summed E-state index contributed by atoms with van der Waals surface area (Å²) in [5, 5.41) is 9.67. The molecule has 1 amide bonds. The Bertz CT molecular complexity index is 464. The summed E-state index contributed by atoms with van der Waals surface area (Å²) in [6.07, 6.45) is 3.61. The van der Waals surface area contributed by atoms with Gasteiger partial charge < -0.3 is 10.3 Å². The molecule has 0 aliphatic heterocycles. The zero-order valence-corrected chi connectivity index (χ0v) is 9.08. The Labute approximate surface area is 96.4 Å². The van der Waals surface area contributed by atoms with E-state index in [0.29, 0.717) is 23.7 Å². The molecule has 0 unspecified atom stereocenters. The van der Waals surface area contributed by atoms with Crippen LogP contribution >= 0.6 is 11.6 Å². The Morgan fingerprint density at radius 1 is 1.56 bits per heavy atom. The molecule has 0 bridgehead atoms. The number of hydrogen-bond acceptors (Lipinski definition) is 3. The molecule has 0 radical (unpaired) electrons. The van der Waals surface area contributed by atoms with Gasteiger partial charge in [0.2, 0.25) is 0 Å². The number of halogens is 1. The van der Waals surface area contributed by atoms with E-state index in [-0.39, 0.29) is 5.91 Å². The van der Waals surface area contributed by atoms with Gasteiger partial charge in [0.1, 0.15) is 17.8 Å². The van der Waals surface area contributed by atoms with Crippen LogP contribution in [0.2, 0.25) is 5.02 Å². The number of carbonyl (C=O) groups excluding carboxylic acids is 1. The monoisotopic (exact) mass is 239 g/mol. The summed E-state index contributed by atoms with van der Waals surface area (Å²) in [6.45, 7) is 0.491. The molecule has 3 N–H and O–H groups in total. The highest BCUT2D eigenvalue weighted by molar-refractivity contribution is 6.30. The second kappa shape index (κ2) is 4.80. The van der Waals surface area contributed by atoms with Gasteiger partial charge in [-0.2, -0.15) is 5.10 Å². The standard InChI is InChI=1S/C9H10ClN5O/c10-6-3-7(12-4-6)9(16)11-2-1-8-13-5-14-15-8/h3-5,12H,1-2H2,(H,11,16)(H,13,14,15). The van der Waals surface area contributed by atoms with Crippen LogP contribution in [0.4, 0.5) is 0 Å². The fourth-order valence-electron chi connectivity index (χ4n) is 1.24. The Morgan fingerprint density at radius 3 is 3.06 bits per heavy atom. The lowest BCUT2D eigenvalue weighted by molar-refractivity contribution is 0.0949. The zero-order chi connectivity index (χ0) is 11.4. The zero-order valence-electron chi connectivity index (χ0n) is 8.33. The maximum atomic E-state index is 11.5. The van der Waals surface area contributed by atoms with Crippen molar-refractivity contribution in [1.29, 1.82) is 0 Å². The number of nitrogens with one attached hydrogen (secondary N) is 3. The highest BCUT2D eigenvalue weighted by Gasteiger charge is 2.07. The Kier molecular flexibility index (Phi) is 3.21. The van der Waals surface area contributed by atoms with Crippen molar-refractivity contribution in [3.8, 4) is 0 Å². The van der Waals surface area contributed by atoms with E-state index in [1.807, 2.05) is 0 Å². The van der Waals surface area contributed by atoms with Crippen LogP contribution < -0.4 is 5.32 Å². The summed E-state index contributed by atoms with van der Waals surface area (Å²) in [6, 6.07) is 1.57. The maximum Gasteiger partial charge on any atom is 0.267 e. The summed E-state index contributed by atoms with van der Waals surface area (Å²) in [7, 11) is 0. The summed E-state index contributed by atoms with van der Waals surface area (Å²) < 4.78 is 0. The van der Waals surface area contributed by atoms with Crippen LogP contribution in [0.25, 0.3) is 0 Å². The average Bonchev–Trinajstić information content (AvgIpc) is 2.89. The van der Waals surface area contributed by atoms with Gasteiger partial charge in [-0.1, -0.05) is 11.6 Å². The first-order chi connectivity index (χ1) is 7.75. The van der Waals surface area contributed by atoms with Crippen molar-refractivity contribution >= 4 is 17.5 Å². The molecular weight excluding hydrogens is 230 g/mol. The highest BCUT2D eigenvalue weighted by atomic mass is 35.5. The first kappa shape index (κ1) is 10.7. The molecule has 7 heteroatoms. The second-order valence-electron chi connectivity index (χ2n) is 3.17. The molecule has 0 saturated heterocycles. The van der Waals surface area contributed by atoms with E-state index in [9.17, 15) is 4.79 Å². The van der Waals surface area contributed by atoms with Crippen LogP contribution in [-0.4, -0.2) is 32.6 Å². The largest absolute Gasteiger partial charge is 0.356 e. The van der Waals surface area contributed by atoms with E-state index < -0.39 is 0 Å². The van der Waals surface area contributed by atoms with Crippen LogP contribution in [0.5, 0.6) is 0 Å². The maximum absolute atomic E-state index is 11.5. The minimum Gasteiger partial charge on any atom is -0.356 e. The summed E-state index contributed by atoms with van der Waals surface area (Å²) in [4.78, 5) is 18.3. The number of amides is 1. The van der Waals surface area contributed by atoms with Gasteiger partial charge in [-0.15, -0.1) is 0 Å². The summed E-state index contributed by atoms with van der Waals surface area (Å²) in [5.41, 5.74) is 0.447. The number of carbonyl (C=O) groups is 1. The third-order valence-electron chi connectivity index (χ3n) is 2.00. The molecule has 0 aliphatic rings. The van der Waals surface area contributed by atoms with Crippen molar-refractivity contribution in [2.75, 3.05) is 6.54 Å². The van der Waals surface area contributed by atoms with Gasteiger partial charge in [0, 0.05) is 19.2 Å². The molecule has 2 aromatic heterocycles. The molecule has 0 spiro atoms. The van der Waals surface area contributed by atoms with E-state index >= 15 is 0 Å². The highest BCUT2D eigenvalue weighted by Crippen LogP contribution is 2.08. The van der Waals surface area contributed by atoms with Gasteiger partial charge in [-0.05, 0) is 6.07 Å². The topological polar surface area (TPSA) is 86.5 Å². The Balaban J connectivity index is 1.80. The second-order valence-corrected chi connectivity index (χ2v) is 3.61. The molecule has 0 aromatic carbocycles.